The first-order valence-electron chi connectivity index (χ1n) is 6.20. The lowest BCUT2D eigenvalue weighted by Crippen LogP contribution is -3.61. The van der Waals surface area contributed by atoms with Gasteiger partial charge in [0.1, 0.15) is 5.75 Å². The summed E-state index contributed by atoms with van der Waals surface area (Å²) in [7, 11) is 5.03. The van der Waals surface area contributed by atoms with Crippen LogP contribution in [0.1, 0.15) is 5.56 Å². The monoisotopic (exact) mass is 385 g/mol. The zero-order chi connectivity index (χ0) is 14.5. The highest BCUT2D eigenvalue weighted by atomic mass is 127. The van der Waals surface area contributed by atoms with Gasteiger partial charge in [-0.1, -0.05) is 0 Å². The Hall–Kier alpha value is -1.43. The van der Waals surface area contributed by atoms with Crippen molar-refractivity contribution >= 4 is 0 Å². The van der Waals surface area contributed by atoms with Crippen molar-refractivity contribution in [3.8, 4) is 17.2 Å². The predicted molar refractivity (Wildman–Crippen MR) is 74.7 cm³/mol. The van der Waals surface area contributed by atoms with E-state index < -0.39 is 0 Å². The smallest absolute Gasteiger partial charge is 0.358 e. The van der Waals surface area contributed by atoms with Crippen molar-refractivity contribution in [1.29, 1.82) is 0 Å². The van der Waals surface area contributed by atoms with Gasteiger partial charge in [-0.15, -0.1) is 0 Å². The summed E-state index contributed by atoms with van der Waals surface area (Å²) in [5, 5.41) is 0. The van der Waals surface area contributed by atoms with Crippen LogP contribution in [0.2, 0.25) is 0 Å². The van der Waals surface area contributed by atoms with Crippen LogP contribution in [0.15, 0.2) is 36.4 Å². The number of methoxy groups -OCH3 is 3. The van der Waals surface area contributed by atoms with Crippen LogP contribution < -0.4 is 35.4 Å². The third-order valence-electron chi connectivity index (χ3n) is 2.99. The van der Waals surface area contributed by atoms with E-state index in [1.165, 1.54) is 7.14 Å². The molecule has 20 heavy (non-hydrogen) atoms. The molecule has 0 aliphatic carbocycles. The van der Waals surface area contributed by atoms with Crippen molar-refractivity contribution in [2.24, 2.45) is 0 Å². The predicted octanol–water partition coefficient (Wildman–Crippen LogP) is 0.149. The minimum Gasteiger partial charge on any atom is -0.497 e. The van der Waals surface area contributed by atoms with E-state index in [0.29, 0.717) is 0 Å². The van der Waals surface area contributed by atoms with Gasteiger partial charge >= 0.3 is 21.2 Å². The fourth-order valence-electron chi connectivity index (χ4n) is 1.91. The topological polar surface area (TPSA) is 27.7 Å². The van der Waals surface area contributed by atoms with Gasteiger partial charge in [-0.25, -0.2) is 0 Å². The third kappa shape index (κ3) is 3.17. The number of benzene rings is 2. The van der Waals surface area contributed by atoms with Crippen molar-refractivity contribution in [2.45, 2.75) is 6.92 Å². The second-order valence-corrected chi connectivity index (χ2v) is 7.11. The van der Waals surface area contributed by atoms with Gasteiger partial charge in [0, 0.05) is 5.56 Å². The molecule has 0 aliphatic rings. The first kappa shape index (κ1) is 15.0. The van der Waals surface area contributed by atoms with Gasteiger partial charge in [0.2, 0.25) is 3.57 Å². The number of hydrogen-bond acceptors (Lipinski definition) is 3. The van der Waals surface area contributed by atoms with Crippen molar-refractivity contribution in [2.75, 3.05) is 21.3 Å². The van der Waals surface area contributed by atoms with Crippen molar-refractivity contribution in [3.63, 3.8) is 0 Å². The maximum absolute atomic E-state index is 5.45. The molecule has 0 aliphatic heterocycles. The van der Waals surface area contributed by atoms with Crippen molar-refractivity contribution in [1.82, 2.24) is 0 Å². The maximum Gasteiger partial charge on any atom is 0.358 e. The quantitative estimate of drug-likeness (QED) is 0.686. The molecule has 0 bridgehead atoms. The van der Waals surface area contributed by atoms with Crippen LogP contribution >= 0.6 is 0 Å². The Kier molecular flexibility index (Phi) is 5.11. The highest BCUT2D eigenvalue weighted by Crippen LogP contribution is 2.29. The van der Waals surface area contributed by atoms with Crippen molar-refractivity contribution < 1.29 is 35.4 Å². The van der Waals surface area contributed by atoms with E-state index in [1.807, 2.05) is 18.2 Å². The summed E-state index contributed by atoms with van der Waals surface area (Å²) < 4.78 is 18.6. The lowest BCUT2D eigenvalue weighted by molar-refractivity contribution is -0.598. The number of rotatable bonds is 5. The van der Waals surface area contributed by atoms with Gasteiger partial charge in [-0.2, -0.15) is 0 Å². The maximum atomic E-state index is 5.45. The third-order valence-corrected chi connectivity index (χ3v) is 6.08. The molecule has 0 N–H and O–H groups in total. The van der Waals surface area contributed by atoms with E-state index in [0.717, 1.165) is 22.8 Å². The standard InChI is InChI=1S/C16H18IO3/c1-11-14(9-10-15(19-3)16(11)20-4)17-12-5-7-13(18-2)8-6-12/h5-10H,1-4H3/q+1. The first-order chi connectivity index (χ1) is 9.69. The summed E-state index contributed by atoms with van der Waals surface area (Å²) in [5.41, 5.74) is 1.16. The zero-order valence-corrected chi connectivity index (χ0v) is 14.2. The summed E-state index contributed by atoms with van der Waals surface area (Å²) in [4.78, 5) is 0. The van der Waals surface area contributed by atoms with E-state index in [-0.39, 0.29) is 21.2 Å². The SMILES string of the molecule is COc1ccc([I+]c2ccc(OC)c(OC)c2C)cc1. The summed E-state index contributed by atoms with van der Waals surface area (Å²) in [6.07, 6.45) is 0. The Morgan fingerprint density at radius 2 is 1.50 bits per heavy atom. The fourth-order valence-corrected chi connectivity index (χ4v) is 4.31. The first-order valence-corrected chi connectivity index (χ1v) is 8.35. The lowest BCUT2D eigenvalue weighted by Gasteiger charge is -2.09. The molecule has 2 aromatic carbocycles. The molecule has 0 amide bonds. The number of hydrogen-bond donors (Lipinski definition) is 0. The molecule has 0 aromatic heterocycles. The fraction of sp³-hybridized carbons (Fsp3) is 0.250. The van der Waals surface area contributed by atoms with Gasteiger partial charge in [-0.3, -0.25) is 0 Å². The molecule has 2 aromatic rings. The molecule has 0 saturated carbocycles. The van der Waals surface area contributed by atoms with Gasteiger partial charge in [-0.05, 0) is 43.3 Å². The zero-order valence-electron chi connectivity index (χ0n) is 12.1. The largest absolute Gasteiger partial charge is 0.497 e. The molecule has 2 rings (SSSR count). The van der Waals surface area contributed by atoms with E-state index in [1.54, 1.807) is 21.3 Å². The van der Waals surface area contributed by atoms with Gasteiger partial charge in [0.25, 0.3) is 0 Å². The van der Waals surface area contributed by atoms with Crippen LogP contribution in [-0.4, -0.2) is 21.3 Å². The van der Waals surface area contributed by atoms with E-state index in [2.05, 4.69) is 25.1 Å². The molecule has 3 nitrogen and oxygen atoms in total. The van der Waals surface area contributed by atoms with Gasteiger partial charge in [0.15, 0.2) is 15.1 Å². The molecule has 0 heterocycles. The minimum atomic E-state index is -0.243. The van der Waals surface area contributed by atoms with Crippen LogP contribution in [-0.2, 0) is 0 Å². The summed E-state index contributed by atoms with van der Waals surface area (Å²) in [6, 6.07) is 12.4. The van der Waals surface area contributed by atoms with Gasteiger partial charge in [0.05, 0.1) is 21.3 Å². The molecule has 106 valence electrons. The molecule has 0 atom stereocenters. The average molecular weight is 385 g/mol. The highest BCUT2D eigenvalue weighted by molar-refractivity contribution is 5.45. The molecule has 0 fully saturated rings. The molecular formula is C16H18IO3+. The Morgan fingerprint density at radius 1 is 0.800 bits per heavy atom. The average Bonchev–Trinajstić information content (AvgIpc) is 2.49. The minimum absolute atomic E-state index is 0.243. The second-order valence-electron chi connectivity index (χ2n) is 4.16. The Balaban J connectivity index is 2.28. The highest BCUT2D eigenvalue weighted by Gasteiger charge is 2.22. The van der Waals surface area contributed by atoms with Crippen molar-refractivity contribution in [3.05, 3.63) is 49.1 Å². The van der Waals surface area contributed by atoms with Crippen LogP contribution in [0, 0.1) is 14.1 Å². The summed E-state index contributed by atoms with van der Waals surface area (Å²) >= 11 is -0.243. The van der Waals surface area contributed by atoms with E-state index in [4.69, 9.17) is 14.2 Å². The molecule has 0 unspecified atom stereocenters. The Morgan fingerprint density at radius 3 is 2.05 bits per heavy atom. The second kappa shape index (κ2) is 6.83. The van der Waals surface area contributed by atoms with E-state index >= 15 is 0 Å². The van der Waals surface area contributed by atoms with E-state index in [9.17, 15) is 0 Å². The molecule has 4 heteroatoms. The number of ether oxygens (including phenoxy) is 3. The molecule has 0 radical (unpaired) electrons. The van der Waals surface area contributed by atoms with Crippen LogP contribution in [0.5, 0.6) is 17.2 Å². The molecule has 0 saturated heterocycles. The normalized spacial score (nSPS) is 10.2. The lowest BCUT2D eigenvalue weighted by atomic mass is 10.2. The van der Waals surface area contributed by atoms with Gasteiger partial charge < -0.3 is 14.2 Å². The Bertz CT molecular complexity index is 579. The molecular weight excluding hydrogens is 367 g/mol. The van der Waals surface area contributed by atoms with Crippen LogP contribution in [0.3, 0.4) is 0 Å². The molecule has 0 spiro atoms. The Labute approximate surface area is 130 Å². The number of halogens is 1. The van der Waals surface area contributed by atoms with Crippen LogP contribution in [0.25, 0.3) is 0 Å². The summed E-state index contributed by atoms with van der Waals surface area (Å²) in [6.45, 7) is 2.08. The summed E-state index contributed by atoms with van der Waals surface area (Å²) in [5.74, 6) is 2.51. The van der Waals surface area contributed by atoms with Crippen LogP contribution in [0.4, 0.5) is 0 Å².